The predicted octanol–water partition coefficient (Wildman–Crippen LogP) is 1.80. The average molecular weight is 227 g/mol. The molecule has 0 spiro atoms. The summed E-state index contributed by atoms with van der Waals surface area (Å²) in [7, 11) is 0. The maximum Gasteiger partial charge on any atom is 0.220 e. The summed E-state index contributed by atoms with van der Waals surface area (Å²) in [5.74, 6) is 0.0240. The van der Waals surface area contributed by atoms with Crippen LogP contribution in [-0.4, -0.2) is 24.3 Å². The molecule has 0 aliphatic carbocycles. The number of amides is 1. The Morgan fingerprint density at radius 3 is 2.44 bits per heavy atom. The van der Waals surface area contributed by atoms with Gasteiger partial charge in [-0.3, -0.25) is 9.59 Å². The van der Waals surface area contributed by atoms with Crippen LogP contribution >= 0.6 is 0 Å². The molecule has 92 valence electrons. The molecule has 1 amide bonds. The minimum absolute atomic E-state index is 0.102. The molecule has 0 bridgehead atoms. The Hall–Kier alpha value is -1.32. The second-order valence-electron chi connectivity index (χ2n) is 3.49. The van der Waals surface area contributed by atoms with Gasteiger partial charge in [-0.1, -0.05) is 6.92 Å². The Morgan fingerprint density at radius 2 is 2.00 bits per heavy atom. The quantitative estimate of drug-likeness (QED) is 0.533. The van der Waals surface area contributed by atoms with Crippen molar-refractivity contribution in [2.45, 2.75) is 46.6 Å². The molecule has 0 aromatic carbocycles. The maximum atomic E-state index is 11.8. The molecule has 0 aliphatic rings. The molecule has 1 N–H and O–H groups in total. The summed E-state index contributed by atoms with van der Waals surface area (Å²) in [6.07, 6.45) is 2.83. The van der Waals surface area contributed by atoms with E-state index < -0.39 is 6.04 Å². The first kappa shape index (κ1) is 14.7. The number of allylic oxidation sites excluding steroid dienone is 1. The van der Waals surface area contributed by atoms with Crippen LogP contribution in [0, 0.1) is 0 Å². The summed E-state index contributed by atoms with van der Waals surface area (Å²) in [6.45, 7) is 7.59. The molecule has 0 heterocycles. The Balaban J connectivity index is 4.31. The minimum Gasteiger partial charge on any atom is -0.490 e. The van der Waals surface area contributed by atoms with Crippen molar-refractivity contribution in [3.05, 3.63) is 11.8 Å². The second kappa shape index (κ2) is 7.91. The molecule has 0 fully saturated rings. The first-order valence-corrected chi connectivity index (χ1v) is 5.69. The Morgan fingerprint density at radius 1 is 1.38 bits per heavy atom. The summed E-state index contributed by atoms with van der Waals surface area (Å²) < 4.78 is 5.18. The van der Waals surface area contributed by atoms with E-state index in [4.69, 9.17) is 4.74 Å². The number of hydrogen-bond donors (Lipinski definition) is 1. The van der Waals surface area contributed by atoms with E-state index in [9.17, 15) is 9.59 Å². The number of ketones is 1. The molecule has 0 aromatic rings. The molecule has 0 saturated carbocycles. The van der Waals surface area contributed by atoms with Gasteiger partial charge in [0.15, 0.2) is 5.76 Å². The standard InChI is InChI=1S/C12H21NO3/c1-5-8-11(14)13-9(4)12(15)10(6-2)16-7-3/h6,9H,5,7-8H2,1-4H3,(H,13,14). The zero-order valence-corrected chi connectivity index (χ0v) is 10.5. The fraction of sp³-hybridized carbons (Fsp3) is 0.667. The van der Waals surface area contributed by atoms with Gasteiger partial charge in [0.05, 0.1) is 12.6 Å². The van der Waals surface area contributed by atoms with Gasteiger partial charge in [0.25, 0.3) is 0 Å². The lowest BCUT2D eigenvalue weighted by Gasteiger charge is -2.14. The van der Waals surface area contributed by atoms with Crippen molar-refractivity contribution < 1.29 is 14.3 Å². The van der Waals surface area contributed by atoms with Gasteiger partial charge in [0.1, 0.15) is 0 Å². The van der Waals surface area contributed by atoms with Crippen molar-refractivity contribution >= 4 is 11.7 Å². The molecule has 1 atom stereocenters. The highest BCUT2D eigenvalue weighted by Gasteiger charge is 2.19. The first-order chi connectivity index (χ1) is 7.56. The predicted molar refractivity (Wildman–Crippen MR) is 62.9 cm³/mol. The number of hydrogen-bond acceptors (Lipinski definition) is 3. The number of ether oxygens (including phenoxy) is 1. The van der Waals surface area contributed by atoms with Crippen molar-refractivity contribution in [1.82, 2.24) is 5.32 Å². The second-order valence-corrected chi connectivity index (χ2v) is 3.49. The van der Waals surface area contributed by atoms with E-state index in [0.717, 1.165) is 6.42 Å². The monoisotopic (exact) mass is 227 g/mol. The van der Waals surface area contributed by atoms with Gasteiger partial charge >= 0.3 is 0 Å². The van der Waals surface area contributed by atoms with E-state index in [1.807, 2.05) is 13.8 Å². The smallest absolute Gasteiger partial charge is 0.220 e. The molecule has 0 saturated heterocycles. The summed E-state index contributed by atoms with van der Waals surface area (Å²) in [4.78, 5) is 23.1. The van der Waals surface area contributed by atoms with Gasteiger partial charge < -0.3 is 10.1 Å². The fourth-order valence-electron chi connectivity index (χ4n) is 1.27. The van der Waals surface area contributed by atoms with E-state index >= 15 is 0 Å². The molecule has 16 heavy (non-hydrogen) atoms. The Labute approximate surface area is 97.1 Å². The van der Waals surface area contributed by atoms with E-state index in [1.165, 1.54) is 0 Å². The van der Waals surface area contributed by atoms with Crippen molar-refractivity contribution in [1.29, 1.82) is 0 Å². The lowest BCUT2D eigenvalue weighted by Crippen LogP contribution is -2.39. The van der Waals surface area contributed by atoms with Gasteiger partial charge in [-0.15, -0.1) is 0 Å². The van der Waals surface area contributed by atoms with Crippen LogP contribution in [0.1, 0.15) is 40.5 Å². The van der Waals surface area contributed by atoms with Crippen molar-refractivity contribution in [3.8, 4) is 0 Å². The van der Waals surface area contributed by atoms with Crippen LogP contribution < -0.4 is 5.32 Å². The molecule has 4 heteroatoms. The lowest BCUT2D eigenvalue weighted by molar-refractivity contribution is -0.127. The van der Waals surface area contributed by atoms with Crippen LogP contribution in [0.2, 0.25) is 0 Å². The molecular formula is C12H21NO3. The van der Waals surface area contributed by atoms with Gasteiger partial charge in [-0.05, 0) is 33.3 Å². The number of carbonyl (C=O) groups excluding carboxylic acids is 2. The van der Waals surface area contributed by atoms with Gasteiger partial charge in [0.2, 0.25) is 11.7 Å². The average Bonchev–Trinajstić information content (AvgIpc) is 2.25. The fourth-order valence-corrected chi connectivity index (χ4v) is 1.27. The summed E-state index contributed by atoms with van der Waals surface area (Å²) in [5, 5.41) is 2.64. The van der Waals surface area contributed by atoms with Crippen LogP contribution in [0.4, 0.5) is 0 Å². The Kier molecular flexibility index (Phi) is 7.25. The molecule has 0 radical (unpaired) electrons. The van der Waals surface area contributed by atoms with Crippen molar-refractivity contribution in [2.24, 2.45) is 0 Å². The zero-order chi connectivity index (χ0) is 12.6. The van der Waals surface area contributed by atoms with Gasteiger partial charge in [-0.2, -0.15) is 0 Å². The summed E-state index contributed by atoms with van der Waals surface area (Å²) in [6, 6.07) is -0.531. The van der Waals surface area contributed by atoms with E-state index in [2.05, 4.69) is 5.32 Å². The minimum atomic E-state index is -0.531. The third-order valence-corrected chi connectivity index (χ3v) is 2.05. The van der Waals surface area contributed by atoms with E-state index in [1.54, 1.807) is 19.9 Å². The summed E-state index contributed by atoms with van der Waals surface area (Å²) >= 11 is 0. The van der Waals surface area contributed by atoms with Crippen LogP contribution in [0.5, 0.6) is 0 Å². The molecule has 4 nitrogen and oxygen atoms in total. The van der Waals surface area contributed by atoms with Crippen molar-refractivity contribution in [2.75, 3.05) is 6.61 Å². The Bertz CT molecular complexity index is 271. The van der Waals surface area contributed by atoms with Gasteiger partial charge in [-0.25, -0.2) is 0 Å². The maximum absolute atomic E-state index is 11.8. The van der Waals surface area contributed by atoms with Crippen LogP contribution in [0.15, 0.2) is 11.8 Å². The number of nitrogens with one attached hydrogen (secondary N) is 1. The number of rotatable bonds is 7. The SMILES string of the molecule is CC=C(OCC)C(=O)C(C)NC(=O)CCC. The molecule has 1 unspecified atom stereocenters. The number of Topliss-reactive ketones (excluding diaryl/α,β-unsaturated/α-hetero) is 1. The van der Waals surface area contributed by atoms with E-state index in [0.29, 0.717) is 18.8 Å². The molecule has 0 aliphatic heterocycles. The van der Waals surface area contributed by atoms with Crippen LogP contribution in [0.3, 0.4) is 0 Å². The third kappa shape index (κ3) is 4.96. The van der Waals surface area contributed by atoms with E-state index in [-0.39, 0.29) is 11.7 Å². The number of carbonyl (C=O) groups is 2. The molecular weight excluding hydrogens is 206 g/mol. The third-order valence-electron chi connectivity index (χ3n) is 2.05. The van der Waals surface area contributed by atoms with Crippen molar-refractivity contribution in [3.63, 3.8) is 0 Å². The van der Waals surface area contributed by atoms with Gasteiger partial charge in [0, 0.05) is 6.42 Å². The molecule has 0 aromatic heterocycles. The summed E-state index contributed by atoms with van der Waals surface area (Å²) in [5.41, 5.74) is 0. The highest BCUT2D eigenvalue weighted by atomic mass is 16.5. The topological polar surface area (TPSA) is 55.4 Å². The molecule has 0 rings (SSSR count). The lowest BCUT2D eigenvalue weighted by atomic mass is 10.1. The highest BCUT2D eigenvalue weighted by Crippen LogP contribution is 2.03. The van der Waals surface area contributed by atoms with Crippen LogP contribution in [0.25, 0.3) is 0 Å². The largest absolute Gasteiger partial charge is 0.490 e. The normalized spacial score (nSPS) is 13.1. The van der Waals surface area contributed by atoms with Crippen LogP contribution in [-0.2, 0) is 14.3 Å². The highest BCUT2D eigenvalue weighted by molar-refractivity contribution is 5.99. The zero-order valence-electron chi connectivity index (χ0n) is 10.5. The first-order valence-electron chi connectivity index (χ1n) is 5.69.